The van der Waals surface area contributed by atoms with Gasteiger partial charge in [0, 0.05) is 18.1 Å². The predicted octanol–water partition coefficient (Wildman–Crippen LogP) is 2.86. The van der Waals surface area contributed by atoms with Gasteiger partial charge < -0.3 is 9.47 Å². The third-order valence-electron chi connectivity index (χ3n) is 5.18. The Hall–Kier alpha value is -3.85. The van der Waals surface area contributed by atoms with Crippen LogP contribution >= 0.6 is 11.3 Å². The van der Waals surface area contributed by atoms with Crippen LogP contribution in [-0.2, 0) is 14.3 Å². The number of rotatable bonds is 5. The SMILES string of the molecule is CCOC(=O)C1=C(C)N=c2s/c(=C\c3ccccc3OC(C)=O)c(=O)n2[C@@H]1c1ccccc1F. The fourth-order valence-corrected chi connectivity index (χ4v) is 4.81. The third kappa shape index (κ3) is 4.34. The van der Waals surface area contributed by atoms with Crippen molar-refractivity contribution in [2.75, 3.05) is 6.61 Å². The number of halogens is 1. The Morgan fingerprint density at radius 3 is 2.59 bits per heavy atom. The quantitative estimate of drug-likeness (QED) is 0.414. The van der Waals surface area contributed by atoms with E-state index in [4.69, 9.17) is 9.47 Å². The van der Waals surface area contributed by atoms with Crippen LogP contribution < -0.4 is 19.6 Å². The number of fused-ring (bicyclic) bond motifs is 1. The Balaban J connectivity index is 1.97. The van der Waals surface area contributed by atoms with Gasteiger partial charge in [0.25, 0.3) is 5.56 Å². The zero-order valence-electron chi connectivity index (χ0n) is 18.7. The van der Waals surface area contributed by atoms with Crippen molar-refractivity contribution in [2.24, 2.45) is 4.99 Å². The molecule has 1 atom stereocenters. The first kappa shape index (κ1) is 23.3. The van der Waals surface area contributed by atoms with E-state index in [0.29, 0.717) is 21.8 Å². The number of hydrogen-bond acceptors (Lipinski definition) is 7. The number of thiazole rings is 1. The molecule has 0 aliphatic carbocycles. The molecular formula is C25H21FN2O5S. The molecule has 0 saturated carbocycles. The molecule has 174 valence electrons. The summed E-state index contributed by atoms with van der Waals surface area (Å²) >= 11 is 1.10. The summed E-state index contributed by atoms with van der Waals surface area (Å²) in [7, 11) is 0. The maximum Gasteiger partial charge on any atom is 0.338 e. The maximum absolute atomic E-state index is 14.9. The minimum absolute atomic E-state index is 0.103. The lowest BCUT2D eigenvalue weighted by atomic mass is 9.95. The van der Waals surface area contributed by atoms with E-state index in [1.165, 1.54) is 29.7 Å². The van der Waals surface area contributed by atoms with Gasteiger partial charge in [0.15, 0.2) is 4.80 Å². The highest BCUT2D eigenvalue weighted by Gasteiger charge is 2.34. The van der Waals surface area contributed by atoms with Crippen molar-refractivity contribution in [2.45, 2.75) is 26.8 Å². The molecule has 34 heavy (non-hydrogen) atoms. The van der Waals surface area contributed by atoms with Crippen LogP contribution in [0.5, 0.6) is 5.75 Å². The summed E-state index contributed by atoms with van der Waals surface area (Å²) in [6.07, 6.45) is 1.59. The Bertz CT molecular complexity index is 1500. The summed E-state index contributed by atoms with van der Waals surface area (Å²) in [5.74, 6) is -1.41. The van der Waals surface area contributed by atoms with Gasteiger partial charge >= 0.3 is 11.9 Å². The Kier molecular flexibility index (Phi) is 6.56. The molecule has 0 bridgehead atoms. The second kappa shape index (κ2) is 9.56. The Morgan fingerprint density at radius 1 is 1.18 bits per heavy atom. The minimum Gasteiger partial charge on any atom is -0.463 e. The van der Waals surface area contributed by atoms with E-state index in [1.807, 2.05) is 0 Å². The van der Waals surface area contributed by atoms with Crippen LogP contribution in [0.25, 0.3) is 6.08 Å². The summed E-state index contributed by atoms with van der Waals surface area (Å²) in [5, 5.41) is 0. The van der Waals surface area contributed by atoms with Crippen molar-refractivity contribution in [3.8, 4) is 5.75 Å². The van der Waals surface area contributed by atoms with E-state index >= 15 is 0 Å². The molecule has 0 fully saturated rings. The van der Waals surface area contributed by atoms with Gasteiger partial charge in [-0.25, -0.2) is 14.2 Å². The molecule has 1 aromatic heterocycles. The number of aromatic nitrogens is 1. The van der Waals surface area contributed by atoms with E-state index < -0.39 is 29.4 Å². The van der Waals surface area contributed by atoms with Crippen molar-refractivity contribution in [3.63, 3.8) is 0 Å². The molecule has 1 aliphatic rings. The fraction of sp³-hybridized carbons (Fsp3) is 0.200. The fourth-order valence-electron chi connectivity index (χ4n) is 3.77. The molecule has 0 radical (unpaired) electrons. The average molecular weight is 481 g/mol. The second-order valence-electron chi connectivity index (χ2n) is 7.46. The smallest absolute Gasteiger partial charge is 0.338 e. The van der Waals surface area contributed by atoms with Crippen LogP contribution in [0.15, 0.2) is 69.6 Å². The molecule has 7 nitrogen and oxygen atoms in total. The first-order chi connectivity index (χ1) is 16.3. The molecule has 9 heteroatoms. The van der Waals surface area contributed by atoms with Crippen LogP contribution in [0, 0.1) is 5.82 Å². The zero-order chi connectivity index (χ0) is 24.4. The standard InChI is InChI=1S/C25H21FN2O5S/c1-4-32-24(31)21-14(2)27-25-28(22(21)17-10-6-7-11-18(17)26)23(30)20(34-25)13-16-9-5-8-12-19(16)33-15(3)29/h5-13,22H,4H2,1-3H3/b20-13-/t22-/m1/s1. The number of ether oxygens (including phenoxy) is 2. The molecule has 0 unspecified atom stereocenters. The summed E-state index contributed by atoms with van der Waals surface area (Å²) in [6.45, 7) is 4.71. The van der Waals surface area contributed by atoms with Crippen LogP contribution in [0.3, 0.4) is 0 Å². The highest BCUT2D eigenvalue weighted by atomic mass is 32.1. The number of benzene rings is 2. The normalized spacial score (nSPS) is 15.5. The predicted molar refractivity (Wildman–Crippen MR) is 125 cm³/mol. The van der Waals surface area contributed by atoms with E-state index in [1.54, 1.807) is 50.3 Å². The average Bonchev–Trinajstić information content (AvgIpc) is 3.09. The van der Waals surface area contributed by atoms with Crippen LogP contribution in [0.1, 0.15) is 37.9 Å². The van der Waals surface area contributed by atoms with Crippen molar-refractivity contribution in [1.29, 1.82) is 0 Å². The van der Waals surface area contributed by atoms with Crippen LogP contribution in [-0.4, -0.2) is 23.1 Å². The van der Waals surface area contributed by atoms with Crippen molar-refractivity contribution in [3.05, 3.63) is 96.4 Å². The lowest BCUT2D eigenvalue weighted by Crippen LogP contribution is -2.40. The maximum atomic E-state index is 14.9. The molecule has 0 N–H and O–H groups in total. The summed E-state index contributed by atoms with van der Waals surface area (Å²) in [6, 6.07) is 11.7. The van der Waals surface area contributed by atoms with Gasteiger partial charge in [0.05, 0.1) is 22.4 Å². The molecule has 2 heterocycles. The van der Waals surface area contributed by atoms with Crippen molar-refractivity contribution >= 4 is 29.4 Å². The van der Waals surface area contributed by atoms with Gasteiger partial charge in [-0.05, 0) is 32.1 Å². The number of para-hydroxylation sites is 1. The van der Waals surface area contributed by atoms with Crippen LogP contribution in [0.2, 0.25) is 0 Å². The van der Waals surface area contributed by atoms with Crippen molar-refractivity contribution < 1.29 is 23.5 Å². The first-order valence-electron chi connectivity index (χ1n) is 10.5. The first-order valence-corrected chi connectivity index (χ1v) is 11.3. The number of nitrogens with zero attached hydrogens (tertiary/aromatic N) is 2. The van der Waals surface area contributed by atoms with Gasteiger partial charge in [0.1, 0.15) is 17.6 Å². The number of carbonyl (C=O) groups excluding carboxylic acids is 2. The van der Waals surface area contributed by atoms with E-state index in [9.17, 15) is 18.8 Å². The monoisotopic (exact) mass is 480 g/mol. The minimum atomic E-state index is -1.04. The molecule has 0 saturated heterocycles. The molecule has 0 amide bonds. The number of esters is 2. The second-order valence-corrected chi connectivity index (χ2v) is 8.46. The topological polar surface area (TPSA) is 87.0 Å². The highest BCUT2D eigenvalue weighted by Crippen LogP contribution is 2.32. The Labute approximate surface area is 198 Å². The summed E-state index contributed by atoms with van der Waals surface area (Å²) < 4.78 is 26.9. The lowest BCUT2D eigenvalue weighted by Gasteiger charge is -2.24. The molecule has 1 aliphatic heterocycles. The van der Waals surface area contributed by atoms with Crippen LogP contribution in [0.4, 0.5) is 4.39 Å². The number of carbonyl (C=O) groups is 2. The molecular weight excluding hydrogens is 459 g/mol. The highest BCUT2D eigenvalue weighted by molar-refractivity contribution is 7.07. The summed E-state index contributed by atoms with van der Waals surface area (Å²) in [5.41, 5.74) is 0.675. The van der Waals surface area contributed by atoms with Crippen molar-refractivity contribution in [1.82, 2.24) is 4.57 Å². The van der Waals surface area contributed by atoms with Gasteiger partial charge in [-0.15, -0.1) is 0 Å². The number of allylic oxidation sites excluding steroid dienone is 1. The molecule has 3 aromatic rings. The lowest BCUT2D eigenvalue weighted by molar-refractivity contribution is -0.139. The Morgan fingerprint density at radius 2 is 1.88 bits per heavy atom. The molecule has 0 spiro atoms. The van der Waals surface area contributed by atoms with Gasteiger partial charge in [-0.1, -0.05) is 47.7 Å². The van der Waals surface area contributed by atoms with E-state index in [-0.39, 0.29) is 22.3 Å². The van der Waals surface area contributed by atoms with E-state index in [2.05, 4.69) is 4.99 Å². The number of hydrogen-bond donors (Lipinski definition) is 0. The van der Waals surface area contributed by atoms with E-state index in [0.717, 1.165) is 11.3 Å². The largest absolute Gasteiger partial charge is 0.463 e. The summed E-state index contributed by atoms with van der Waals surface area (Å²) in [4.78, 5) is 42.6. The van der Waals surface area contributed by atoms with Gasteiger partial charge in [-0.2, -0.15) is 0 Å². The third-order valence-corrected chi connectivity index (χ3v) is 6.16. The molecule has 2 aromatic carbocycles. The van der Waals surface area contributed by atoms with Gasteiger partial charge in [-0.3, -0.25) is 14.2 Å². The van der Waals surface area contributed by atoms with Gasteiger partial charge in [0.2, 0.25) is 0 Å². The zero-order valence-corrected chi connectivity index (χ0v) is 19.5. The molecule has 4 rings (SSSR count).